The Balaban J connectivity index is 2.20. The lowest BCUT2D eigenvalue weighted by Gasteiger charge is -2.11. The highest BCUT2D eigenvalue weighted by Gasteiger charge is 2.24. The number of hydrogen-bond donors (Lipinski definition) is 2. The molecule has 0 saturated heterocycles. The zero-order chi connectivity index (χ0) is 13.3. The van der Waals surface area contributed by atoms with Gasteiger partial charge in [-0.1, -0.05) is 6.07 Å². The Labute approximate surface area is 106 Å². The van der Waals surface area contributed by atoms with Gasteiger partial charge in [-0.2, -0.15) is 0 Å². The second kappa shape index (κ2) is 4.70. The number of hydrogen-bond acceptors (Lipinski definition) is 3. The van der Waals surface area contributed by atoms with Crippen molar-refractivity contribution in [2.24, 2.45) is 11.1 Å². The first-order valence-electron chi connectivity index (χ1n) is 5.80. The van der Waals surface area contributed by atoms with Gasteiger partial charge < -0.3 is 5.32 Å². The summed E-state index contributed by atoms with van der Waals surface area (Å²) in [4.78, 5) is 11.7. The maximum Gasteiger partial charge on any atom is 0.238 e. The molecule has 1 aliphatic rings. The lowest BCUT2D eigenvalue weighted by Crippen LogP contribution is -2.17. The predicted octanol–water partition coefficient (Wildman–Crippen LogP) is 1.38. The Morgan fingerprint density at radius 1 is 1.44 bits per heavy atom. The van der Waals surface area contributed by atoms with Crippen LogP contribution in [0, 0.1) is 12.8 Å². The number of anilines is 1. The van der Waals surface area contributed by atoms with E-state index < -0.39 is 10.0 Å². The standard InChI is InChI=1S/C12H16N2O3S/c1-8-10(14-12(15)7-9-5-6-9)3-2-4-11(8)18(13,16)17/h2-4,9H,5-7H2,1H3,(H,14,15)(H2,13,16,17). The van der Waals surface area contributed by atoms with Crippen LogP contribution in [0.1, 0.15) is 24.8 Å². The number of primary sulfonamides is 1. The molecule has 98 valence electrons. The largest absolute Gasteiger partial charge is 0.326 e. The van der Waals surface area contributed by atoms with E-state index in [0.717, 1.165) is 12.8 Å². The molecule has 1 aromatic carbocycles. The van der Waals surface area contributed by atoms with Crippen LogP contribution in [0.15, 0.2) is 23.1 Å². The molecule has 3 N–H and O–H groups in total. The van der Waals surface area contributed by atoms with E-state index >= 15 is 0 Å². The molecular weight excluding hydrogens is 252 g/mol. The summed E-state index contributed by atoms with van der Waals surface area (Å²) >= 11 is 0. The average Bonchev–Trinajstić information content (AvgIpc) is 3.03. The van der Waals surface area contributed by atoms with Crippen molar-refractivity contribution in [2.75, 3.05) is 5.32 Å². The van der Waals surface area contributed by atoms with Crippen molar-refractivity contribution >= 4 is 21.6 Å². The third-order valence-corrected chi connectivity index (χ3v) is 4.09. The van der Waals surface area contributed by atoms with Gasteiger partial charge in [0.25, 0.3) is 0 Å². The van der Waals surface area contributed by atoms with Gasteiger partial charge >= 0.3 is 0 Å². The molecule has 18 heavy (non-hydrogen) atoms. The summed E-state index contributed by atoms with van der Waals surface area (Å²) in [6.45, 7) is 1.63. The third kappa shape index (κ3) is 3.08. The summed E-state index contributed by atoms with van der Waals surface area (Å²) in [5.74, 6) is 0.416. The van der Waals surface area contributed by atoms with Crippen LogP contribution >= 0.6 is 0 Å². The average molecular weight is 268 g/mol. The molecule has 0 radical (unpaired) electrons. The first kappa shape index (κ1) is 13.0. The van der Waals surface area contributed by atoms with E-state index in [1.165, 1.54) is 6.07 Å². The molecule has 0 spiro atoms. The van der Waals surface area contributed by atoms with Gasteiger partial charge in [0, 0.05) is 12.1 Å². The molecule has 6 heteroatoms. The van der Waals surface area contributed by atoms with Crippen LogP contribution in [0.3, 0.4) is 0 Å². The monoisotopic (exact) mass is 268 g/mol. The van der Waals surface area contributed by atoms with Crippen molar-refractivity contribution in [3.8, 4) is 0 Å². The Morgan fingerprint density at radius 3 is 2.67 bits per heavy atom. The van der Waals surface area contributed by atoms with Gasteiger partial charge in [-0.15, -0.1) is 0 Å². The van der Waals surface area contributed by atoms with Crippen molar-refractivity contribution in [2.45, 2.75) is 31.1 Å². The first-order chi connectivity index (χ1) is 8.38. The molecule has 0 atom stereocenters. The lowest BCUT2D eigenvalue weighted by molar-refractivity contribution is -0.116. The number of benzene rings is 1. The van der Waals surface area contributed by atoms with E-state index in [2.05, 4.69) is 5.32 Å². The molecular formula is C12H16N2O3S. The minimum absolute atomic E-state index is 0.0479. The quantitative estimate of drug-likeness (QED) is 0.864. The van der Waals surface area contributed by atoms with Crippen molar-refractivity contribution in [3.63, 3.8) is 0 Å². The maximum absolute atomic E-state index is 11.7. The second-order valence-corrected chi connectivity index (χ2v) is 6.20. The third-order valence-electron chi connectivity index (χ3n) is 3.04. The highest BCUT2D eigenvalue weighted by Crippen LogP contribution is 2.32. The Hall–Kier alpha value is -1.40. The van der Waals surface area contributed by atoms with E-state index in [4.69, 9.17) is 5.14 Å². The molecule has 0 aromatic heterocycles. The summed E-state index contributed by atoms with van der Waals surface area (Å²) in [7, 11) is -3.75. The zero-order valence-electron chi connectivity index (χ0n) is 10.1. The Bertz CT molecular complexity index is 577. The predicted molar refractivity (Wildman–Crippen MR) is 68.5 cm³/mol. The van der Waals surface area contributed by atoms with Gasteiger partial charge in [0.15, 0.2) is 0 Å². The fourth-order valence-corrected chi connectivity index (χ4v) is 2.65. The maximum atomic E-state index is 11.7. The fourth-order valence-electron chi connectivity index (χ4n) is 1.84. The van der Waals surface area contributed by atoms with E-state index in [1.807, 2.05) is 0 Å². The number of nitrogens with one attached hydrogen (secondary N) is 1. The molecule has 1 amide bonds. The van der Waals surface area contributed by atoms with Crippen LogP contribution in [-0.4, -0.2) is 14.3 Å². The van der Waals surface area contributed by atoms with Gasteiger partial charge in [-0.25, -0.2) is 13.6 Å². The van der Waals surface area contributed by atoms with Crippen LogP contribution in [0.4, 0.5) is 5.69 Å². The molecule has 0 bridgehead atoms. The van der Waals surface area contributed by atoms with E-state index in [0.29, 0.717) is 23.6 Å². The number of sulfonamides is 1. The molecule has 0 aliphatic heterocycles. The second-order valence-electron chi connectivity index (χ2n) is 4.67. The van der Waals surface area contributed by atoms with Crippen LogP contribution in [0.2, 0.25) is 0 Å². The van der Waals surface area contributed by atoms with E-state index in [-0.39, 0.29) is 10.8 Å². The molecule has 2 rings (SSSR count). The minimum atomic E-state index is -3.75. The smallest absolute Gasteiger partial charge is 0.238 e. The molecule has 1 fully saturated rings. The summed E-state index contributed by atoms with van der Waals surface area (Å²) in [6, 6.07) is 4.68. The van der Waals surface area contributed by atoms with Crippen molar-refractivity contribution in [1.82, 2.24) is 0 Å². The first-order valence-corrected chi connectivity index (χ1v) is 7.35. The fraction of sp³-hybridized carbons (Fsp3) is 0.417. The number of carbonyl (C=O) groups excluding carboxylic acids is 1. The molecule has 0 heterocycles. The van der Waals surface area contributed by atoms with Crippen LogP contribution in [0.5, 0.6) is 0 Å². The SMILES string of the molecule is Cc1c(NC(=O)CC2CC2)cccc1S(N)(=O)=O. The lowest BCUT2D eigenvalue weighted by atomic mass is 10.2. The Morgan fingerprint density at radius 2 is 2.11 bits per heavy atom. The van der Waals surface area contributed by atoms with Gasteiger partial charge in [0.1, 0.15) is 0 Å². The summed E-state index contributed by atoms with van der Waals surface area (Å²) in [6.07, 6.45) is 2.70. The van der Waals surface area contributed by atoms with E-state index in [1.54, 1.807) is 19.1 Å². The van der Waals surface area contributed by atoms with Crippen LogP contribution in [-0.2, 0) is 14.8 Å². The molecule has 5 nitrogen and oxygen atoms in total. The number of carbonyl (C=O) groups is 1. The summed E-state index contributed by atoms with van der Waals surface area (Å²) < 4.78 is 22.7. The normalized spacial score (nSPS) is 15.4. The number of amides is 1. The molecule has 1 aromatic rings. The number of rotatable bonds is 4. The topological polar surface area (TPSA) is 89.3 Å². The van der Waals surface area contributed by atoms with E-state index in [9.17, 15) is 13.2 Å². The zero-order valence-corrected chi connectivity index (χ0v) is 11.0. The van der Waals surface area contributed by atoms with Crippen molar-refractivity contribution < 1.29 is 13.2 Å². The Kier molecular flexibility index (Phi) is 3.41. The molecule has 1 aliphatic carbocycles. The highest BCUT2D eigenvalue weighted by molar-refractivity contribution is 7.89. The van der Waals surface area contributed by atoms with Gasteiger partial charge in [-0.05, 0) is 43.4 Å². The van der Waals surface area contributed by atoms with Crippen LogP contribution < -0.4 is 10.5 Å². The van der Waals surface area contributed by atoms with Crippen molar-refractivity contribution in [1.29, 1.82) is 0 Å². The summed E-state index contributed by atoms with van der Waals surface area (Å²) in [5, 5.41) is 7.84. The number of nitrogens with two attached hydrogens (primary N) is 1. The molecule has 0 unspecified atom stereocenters. The minimum Gasteiger partial charge on any atom is -0.326 e. The van der Waals surface area contributed by atoms with Gasteiger partial charge in [0.2, 0.25) is 15.9 Å². The van der Waals surface area contributed by atoms with Crippen molar-refractivity contribution in [3.05, 3.63) is 23.8 Å². The highest BCUT2D eigenvalue weighted by atomic mass is 32.2. The molecule has 1 saturated carbocycles. The van der Waals surface area contributed by atoms with Gasteiger partial charge in [-0.3, -0.25) is 4.79 Å². The summed E-state index contributed by atoms with van der Waals surface area (Å²) in [5.41, 5.74) is 0.983. The van der Waals surface area contributed by atoms with Crippen LogP contribution in [0.25, 0.3) is 0 Å². The van der Waals surface area contributed by atoms with Gasteiger partial charge in [0.05, 0.1) is 4.90 Å².